The fourth-order valence-corrected chi connectivity index (χ4v) is 4.36. The Bertz CT molecular complexity index is 625. The van der Waals surface area contributed by atoms with E-state index in [1.807, 2.05) is 0 Å². The van der Waals surface area contributed by atoms with Gasteiger partial charge in [-0.25, -0.2) is 0 Å². The summed E-state index contributed by atoms with van der Waals surface area (Å²) in [5.74, 6) is 0. The van der Waals surface area contributed by atoms with E-state index in [2.05, 4.69) is 0 Å². The summed E-state index contributed by atoms with van der Waals surface area (Å²) in [5.41, 5.74) is 0. The van der Waals surface area contributed by atoms with Crippen molar-refractivity contribution >= 4 is 0 Å². The Hall–Kier alpha value is -0.520. The molecule has 0 radical (unpaired) electrons. The molecule has 0 aromatic rings. The number of aliphatic hydroxyl groups is 6. The first-order chi connectivity index (χ1) is 15.5. The average Bonchev–Trinajstić information content (AvgIpc) is 2.77. The molecule has 3 heterocycles. The van der Waals surface area contributed by atoms with Gasteiger partial charge in [-0.3, -0.25) is 0 Å². The molecule has 3 aliphatic rings. The highest BCUT2D eigenvalue weighted by molar-refractivity contribution is 4.95. The highest BCUT2D eigenvalue weighted by atomic mass is 16.8. The maximum Gasteiger partial charge on any atom is 0.187 e. The summed E-state index contributed by atoms with van der Waals surface area (Å²) < 4.78 is 38.6. The molecule has 0 spiro atoms. The highest BCUT2D eigenvalue weighted by Crippen LogP contribution is 2.33. The summed E-state index contributed by atoms with van der Waals surface area (Å²) in [6.45, 7) is 4.61. The van der Waals surface area contributed by atoms with Crippen molar-refractivity contribution in [2.24, 2.45) is 0 Å². The van der Waals surface area contributed by atoms with E-state index in [4.69, 9.17) is 33.2 Å². The predicted octanol–water partition coefficient (Wildman–Crippen LogP) is -3.18. The van der Waals surface area contributed by atoms with E-state index in [9.17, 15) is 30.6 Å². The van der Waals surface area contributed by atoms with Crippen molar-refractivity contribution in [1.82, 2.24) is 0 Å². The molecule has 33 heavy (non-hydrogen) atoms. The smallest absolute Gasteiger partial charge is 0.187 e. The minimum absolute atomic E-state index is 0.696. The molecule has 0 amide bonds. The number of aliphatic hydroxyl groups excluding tert-OH is 6. The van der Waals surface area contributed by atoms with Crippen molar-refractivity contribution in [1.29, 1.82) is 0 Å². The lowest BCUT2D eigenvalue weighted by Gasteiger charge is -2.48. The Morgan fingerprint density at radius 2 is 0.970 bits per heavy atom. The first kappa shape index (κ1) is 27.1. The van der Waals surface area contributed by atoms with Gasteiger partial charge in [0, 0.05) is 14.2 Å². The summed E-state index contributed by atoms with van der Waals surface area (Å²) in [7, 11) is 2.78. The van der Waals surface area contributed by atoms with Gasteiger partial charge in [0.05, 0.1) is 18.3 Å². The summed E-state index contributed by atoms with van der Waals surface area (Å²) in [6.07, 6.45) is -17.8. The number of hydrogen-bond donors (Lipinski definition) is 6. The number of ether oxygens (including phenoxy) is 7. The van der Waals surface area contributed by atoms with E-state index in [1.54, 1.807) is 6.92 Å². The van der Waals surface area contributed by atoms with Gasteiger partial charge in [0.25, 0.3) is 0 Å². The van der Waals surface area contributed by atoms with Gasteiger partial charge in [-0.05, 0) is 20.8 Å². The minimum atomic E-state index is -1.60. The van der Waals surface area contributed by atoms with Crippen LogP contribution in [0.4, 0.5) is 0 Å². The summed E-state index contributed by atoms with van der Waals surface area (Å²) in [4.78, 5) is 0. The van der Waals surface area contributed by atoms with Crippen LogP contribution in [0.5, 0.6) is 0 Å². The first-order valence-corrected chi connectivity index (χ1v) is 10.9. The van der Waals surface area contributed by atoms with Gasteiger partial charge in [0.15, 0.2) is 18.9 Å². The maximum atomic E-state index is 10.9. The van der Waals surface area contributed by atoms with E-state index in [1.165, 1.54) is 28.1 Å². The van der Waals surface area contributed by atoms with E-state index < -0.39 is 92.1 Å². The predicted molar refractivity (Wildman–Crippen MR) is 107 cm³/mol. The Balaban J connectivity index is 1.75. The van der Waals surface area contributed by atoms with Crippen LogP contribution in [0.25, 0.3) is 0 Å². The quantitative estimate of drug-likeness (QED) is 0.222. The third-order valence-electron chi connectivity index (χ3n) is 6.47. The fraction of sp³-hybridized carbons (Fsp3) is 1.00. The molecule has 0 saturated carbocycles. The zero-order valence-electron chi connectivity index (χ0n) is 19.2. The van der Waals surface area contributed by atoms with Gasteiger partial charge in [-0.2, -0.15) is 0 Å². The molecule has 1 unspecified atom stereocenters. The van der Waals surface area contributed by atoms with Crippen LogP contribution in [0.15, 0.2) is 0 Å². The molecule has 0 aliphatic carbocycles. The van der Waals surface area contributed by atoms with Gasteiger partial charge in [0.1, 0.15) is 54.9 Å². The lowest BCUT2D eigenvalue weighted by atomic mass is 9.96. The van der Waals surface area contributed by atoms with Crippen LogP contribution in [-0.2, 0) is 33.2 Å². The highest BCUT2D eigenvalue weighted by Gasteiger charge is 2.52. The molecule has 3 fully saturated rings. The molecule has 3 rings (SSSR count). The van der Waals surface area contributed by atoms with E-state index in [0.717, 1.165) is 0 Å². The molecule has 3 saturated heterocycles. The third-order valence-corrected chi connectivity index (χ3v) is 6.47. The monoisotopic (exact) mass is 484 g/mol. The topological polar surface area (TPSA) is 186 Å². The molecule has 0 bridgehead atoms. The lowest BCUT2D eigenvalue weighted by Crippen LogP contribution is -2.65. The Kier molecular flexibility index (Phi) is 9.05. The molecule has 0 aromatic heterocycles. The number of hydrogen-bond acceptors (Lipinski definition) is 13. The molecule has 6 N–H and O–H groups in total. The molecule has 3 aliphatic heterocycles. The summed E-state index contributed by atoms with van der Waals surface area (Å²) in [6, 6.07) is 0. The Morgan fingerprint density at radius 3 is 1.55 bits per heavy atom. The van der Waals surface area contributed by atoms with Crippen molar-refractivity contribution < 1.29 is 63.8 Å². The van der Waals surface area contributed by atoms with Crippen LogP contribution in [0.2, 0.25) is 0 Å². The van der Waals surface area contributed by atoms with Crippen LogP contribution in [0.1, 0.15) is 20.8 Å². The minimum Gasteiger partial charge on any atom is -0.388 e. The van der Waals surface area contributed by atoms with Gasteiger partial charge in [-0.15, -0.1) is 0 Å². The van der Waals surface area contributed by atoms with Crippen LogP contribution in [0.3, 0.4) is 0 Å². The van der Waals surface area contributed by atoms with Gasteiger partial charge in [0.2, 0.25) is 0 Å². The van der Waals surface area contributed by atoms with E-state index in [0.29, 0.717) is 0 Å². The van der Waals surface area contributed by atoms with Crippen molar-refractivity contribution in [2.45, 2.75) is 113 Å². The summed E-state index contributed by atoms with van der Waals surface area (Å²) >= 11 is 0. The largest absolute Gasteiger partial charge is 0.388 e. The van der Waals surface area contributed by atoms with Gasteiger partial charge < -0.3 is 63.8 Å². The zero-order valence-corrected chi connectivity index (χ0v) is 19.2. The van der Waals surface area contributed by atoms with Gasteiger partial charge >= 0.3 is 0 Å². The molecule has 13 heteroatoms. The van der Waals surface area contributed by atoms with Crippen LogP contribution in [0, 0.1) is 0 Å². The van der Waals surface area contributed by atoms with Crippen molar-refractivity contribution in [2.75, 3.05) is 14.2 Å². The van der Waals surface area contributed by atoms with E-state index in [-0.39, 0.29) is 0 Å². The molecular weight excluding hydrogens is 448 g/mol. The Morgan fingerprint density at radius 1 is 0.485 bits per heavy atom. The summed E-state index contributed by atoms with van der Waals surface area (Å²) in [5, 5.41) is 62.4. The van der Waals surface area contributed by atoms with Crippen LogP contribution >= 0.6 is 0 Å². The zero-order chi connectivity index (χ0) is 24.6. The maximum absolute atomic E-state index is 10.9. The first-order valence-electron chi connectivity index (χ1n) is 10.9. The second-order valence-corrected chi connectivity index (χ2v) is 8.71. The SMILES string of the molecule is CO[C@@H]1[C@H](O[C@@H]2[C@@H](O)[C@H](C)O[C@@H](O[C@H]3C(O)O[C@@H](C)[C@@H](O)[C@H]3O)[C@@H]2O)O[C@@H](C)[C@@H](O)[C@H]1OC. The molecule has 13 nitrogen and oxygen atoms in total. The Labute approximate surface area is 191 Å². The van der Waals surface area contributed by atoms with Crippen molar-refractivity contribution in [3.05, 3.63) is 0 Å². The molecule has 0 aromatic carbocycles. The molecule has 15 atom stereocenters. The second kappa shape index (κ2) is 11.0. The lowest BCUT2D eigenvalue weighted by molar-refractivity contribution is -0.378. The number of rotatable bonds is 6. The van der Waals surface area contributed by atoms with Crippen LogP contribution in [-0.4, -0.2) is 137 Å². The van der Waals surface area contributed by atoms with Crippen molar-refractivity contribution in [3.8, 4) is 0 Å². The van der Waals surface area contributed by atoms with Crippen LogP contribution < -0.4 is 0 Å². The standard InChI is InChI=1S/C20H36O13/c1-6-9(21)12(24)16(18(26)29-6)33-19-13(25)14(10(22)7(2)30-19)32-20-17(28-5)15(27-4)11(23)8(3)31-20/h6-26H,1-5H3/t6-,7-,8-,9+,10-,11+,12+,13+,14+,15+,16+,17-,18?,19-,20-/m0/s1. The fourth-order valence-electron chi connectivity index (χ4n) is 4.36. The molecular formula is C20H36O13. The van der Waals surface area contributed by atoms with E-state index >= 15 is 0 Å². The van der Waals surface area contributed by atoms with Crippen molar-refractivity contribution in [3.63, 3.8) is 0 Å². The normalized spacial score (nSPS) is 53.7. The second-order valence-electron chi connectivity index (χ2n) is 8.71. The number of methoxy groups -OCH3 is 2. The molecule has 194 valence electrons. The van der Waals surface area contributed by atoms with Gasteiger partial charge in [-0.1, -0.05) is 0 Å². The average molecular weight is 484 g/mol. The third kappa shape index (κ3) is 5.35.